The molecule has 1 aliphatic rings. The molecule has 21 heavy (non-hydrogen) atoms. The zero-order valence-electron chi connectivity index (χ0n) is 11.4. The Balaban J connectivity index is 2.23. The molecule has 0 aliphatic carbocycles. The Morgan fingerprint density at radius 3 is 2.81 bits per heavy atom. The molecule has 2 amide bonds. The molecule has 7 heteroatoms. The molecule has 110 valence electrons. The molecule has 1 N–H and O–H groups in total. The van der Waals surface area contributed by atoms with Crippen LogP contribution in [0.1, 0.15) is 25.3 Å². The number of halogens is 1. The number of benzene rings is 1. The van der Waals surface area contributed by atoms with Crippen LogP contribution in [0, 0.1) is 3.57 Å². The smallest absolute Gasteiger partial charge is 0.295 e. The Hall–Kier alpha value is -1.64. The standard InChI is InChI=1S/C14H14IN3O3/c1-17-12-8(15)4-2-5-9(12)18(14(17)21)10-6-3-7-11(19)16-13(10)20/h2,4-5,10H,3,6-7H2,1H3,(H,16,19,20). The van der Waals surface area contributed by atoms with E-state index in [4.69, 9.17) is 0 Å². The van der Waals surface area contributed by atoms with Crippen LogP contribution in [0.25, 0.3) is 11.0 Å². The molecule has 0 saturated carbocycles. The van der Waals surface area contributed by atoms with Crippen LogP contribution >= 0.6 is 22.6 Å². The molecule has 6 nitrogen and oxygen atoms in total. The fourth-order valence-electron chi connectivity index (χ4n) is 2.81. The Morgan fingerprint density at radius 2 is 2.05 bits per heavy atom. The van der Waals surface area contributed by atoms with Crippen molar-refractivity contribution in [2.24, 2.45) is 7.05 Å². The largest absolute Gasteiger partial charge is 0.329 e. The average molecular weight is 399 g/mol. The summed E-state index contributed by atoms with van der Waals surface area (Å²) < 4.78 is 4.01. The number of amides is 2. The van der Waals surface area contributed by atoms with Gasteiger partial charge >= 0.3 is 5.69 Å². The second-order valence-electron chi connectivity index (χ2n) is 5.14. The molecule has 1 aromatic carbocycles. The summed E-state index contributed by atoms with van der Waals surface area (Å²) in [4.78, 5) is 36.2. The fourth-order valence-corrected chi connectivity index (χ4v) is 3.65. The van der Waals surface area contributed by atoms with Crippen molar-refractivity contribution in [2.45, 2.75) is 25.3 Å². The van der Waals surface area contributed by atoms with Gasteiger partial charge in [-0.3, -0.25) is 24.0 Å². The third kappa shape index (κ3) is 2.29. The molecule has 1 atom stereocenters. The number of nitrogens with zero attached hydrogens (tertiary/aromatic N) is 2. The predicted molar refractivity (Wildman–Crippen MR) is 85.9 cm³/mol. The highest BCUT2D eigenvalue weighted by molar-refractivity contribution is 14.1. The number of aromatic nitrogens is 2. The molecule has 3 rings (SSSR count). The lowest BCUT2D eigenvalue weighted by Crippen LogP contribution is -2.38. The van der Waals surface area contributed by atoms with E-state index in [1.54, 1.807) is 11.6 Å². The highest BCUT2D eigenvalue weighted by atomic mass is 127. The summed E-state index contributed by atoms with van der Waals surface area (Å²) in [5, 5.41) is 2.36. The Bertz CT molecular complexity index is 806. The van der Waals surface area contributed by atoms with Gasteiger partial charge in [0.25, 0.3) is 0 Å². The Labute approximate surface area is 134 Å². The van der Waals surface area contributed by atoms with E-state index in [-0.39, 0.29) is 11.6 Å². The van der Waals surface area contributed by atoms with Gasteiger partial charge < -0.3 is 0 Å². The number of hydrogen-bond donors (Lipinski definition) is 1. The number of imidazole rings is 1. The van der Waals surface area contributed by atoms with Crippen molar-refractivity contribution in [3.63, 3.8) is 0 Å². The Morgan fingerprint density at radius 1 is 1.29 bits per heavy atom. The first-order chi connectivity index (χ1) is 10.0. The van der Waals surface area contributed by atoms with Gasteiger partial charge in [-0.05, 0) is 47.6 Å². The number of rotatable bonds is 1. The minimum Gasteiger partial charge on any atom is -0.295 e. The summed E-state index contributed by atoms with van der Waals surface area (Å²) >= 11 is 2.17. The third-order valence-electron chi connectivity index (χ3n) is 3.81. The molecule has 2 aromatic rings. The van der Waals surface area contributed by atoms with Crippen LogP contribution in [0.15, 0.2) is 23.0 Å². The van der Waals surface area contributed by atoms with Crippen molar-refractivity contribution in [3.05, 3.63) is 32.3 Å². The van der Waals surface area contributed by atoms with Gasteiger partial charge in [0.1, 0.15) is 6.04 Å². The van der Waals surface area contributed by atoms with Crippen LogP contribution in [0.3, 0.4) is 0 Å². The highest BCUT2D eigenvalue weighted by Gasteiger charge is 2.29. The summed E-state index contributed by atoms with van der Waals surface area (Å²) in [5.41, 5.74) is 1.30. The third-order valence-corrected chi connectivity index (χ3v) is 4.68. The molecule has 1 unspecified atom stereocenters. The molecule has 1 aliphatic heterocycles. The van der Waals surface area contributed by atoms with Crippen LogP contribution in [-0.4, -0.2) is 20.9 Å². The topological polar surface area (TPSA) is 73.1 Å². The van der Waals surface area contributed by atoms with Gasteiger partial charge in [-0.15, -0.1) is 0 Å². The van der Waals surface area contributed by atoms with Gasteiger partial charge in [-0.25, -0.2) is 4.79 Å². The first kappa shape index (κ1) is 14.3. The summed E-state index contributed by atoms with van der Waals surface area (Å²) in [6.45, 7) is 0. The van der Waals surface area contributed by atoms with Crippen molar-refractivity contribution in [2.75, 3.05) is 0 Å². The first-order valence-electron chi connectivity index (χ1n) is 6.70. The first-order valence-corrected chi connectivity index (χ1v) is 7.77. The van der Waals surface area contributed by atoms with Gasteiger partial charge in [0.15, 0.2) is 0 Å². The van der Waals surface area contributed by atoms with E-state index in [1.807, 2.05) is 18.2 Å². The molecular weight excluding hydrogens is 385 g/mol. The van der Waals surface area contributed by atoms with Gasteiger partial charge in [0.05, 0.1) is 11.0 Å². The number of hydrogen-bond acceptors (Lipinski definition) is 3. The normalized spacial score (nSPS) is 19.6. The molecule has 2 heterocycles. The highest BCUT2D eigenvalue weighted by Crippen LogP contribution is 2.25. The summed E-state index contributed by atoms with van der Waals surface area (Å²) in [7, 11) is 1.70. The van der Waals surface area contributed by atoms with E-state index in [0.29, 0.717) is 19.3 Å². The number of aryl methyl sites for hydroxylation is 1. The molecule has 1 fully saturated rings. The maximum absolute atomic E-state index is 12.5. The van der Waals surface area contributed by atoms with Crippen molar-refractivity contribution in [1.82, 2.24) is 14.5 Å². The zero-order valence-corrected chi connectivity index (χ0v) is 13.6. The van der Waals surface area contributed by atoms with Crippen molar-refractivity contribution >= 4 is 45.4 Å². The van der Waals surface area contributed by atoms with Crippen molar-refractivity contribution in [1.29, 1.82) is 0 Å². The number of nitrogens with one attached hydrogen (secondary N) is 1. The quantitative estimate of drug-likeness (QED) is 0.581. The van der Waals surface area contributed by atoms with Gasteiger partial charge in [-0.2, -0.15) is 0 Å². The van der Waals surface area contributed by atoms with Crippen LogP contribution < -0.4 is 11.0 Å². The molecular formula is C14H14IN3O3. The summed E-state index contributed by atoms with van der Waals surface area (Å²) in [5.74, 6) is -0.670. The minimum atomic E-state index is -0.633. The maximum atomic E-state index is 12.5. The van der Waals surface area contributed by atoms with Crippen LogP contribution in [0.4, 0.5) is 0 Å². The van der Waals surface area contributed by atoms with Crippen LogP contribution in [-0.2, 0) is 16.6 Å². The second kappa shape index (κ2) is 5.28. The predicted octanol–water partition coefficient (Wildman–Crippen LogP) is 1.31. The molecule has 0 bridgehead atoms. The zero-order chi connectivity index (χ0) is 15.1. The van der Waals surface area contributed by atoms with Gasteiger partial charge in [0, 0.05) is 17.0 Å². The van der Waals surface area contributed by atoms with E-state index < -0.39 is 11.9 Å². The fraction of sp³-hybridized carbons (Fsp3) is 0.357. The molecule has 1 saturated heterocycles. The number of fused-ring (bicyclic) bond motifs is 1. The second-order valence-corrected chi connectivity index (χ2v) is 6.30. The molecule has 0 spiro atoms. The number of imide groups is 1. The summed E-state index contributed by atoms with van der Waals surface area (Å²) in [6, 6.07) is 4.98. The lowest BCUT2D eigenvalue weighted by atomic mass is 10.1. The summed E-state index contributed by atoms with van der Waals surface area (Å²) in [6.07, 6.45) is 1.40. The van der Waals surface area contributed by atoms with Gasteiger partial charge in [-0.1, -0.05) is 6.07 Å². The number of carbonyl (C=O) groups is 2. The average Bonchev–Trinajstić information content (AvgIpc) is 2.57. The van der Waals surface area contributed by atoms with Crippen LogP contribution in [0.5, 0.6) is 0 Å². The van der Waals surface area contributed by atoms with E-state index in [1.165, 1.54) is 4.57 Å². The van der Waals surface area contributed by atoms with E-state index in [0.717, 1.165) is 14.6 Å². The Kier molecular flexibility index (Phi) is 3.60. The van der Waals surface area contributed by atoms with Crippen molar-refractivity contribution < 1.29 is 9.59 Å². The van der Waals surface area contributed by atoms with E-state index in [2.05, 4.69) is 27.9 Å². The SMILES string of the molecule is Cn1c(=O)n(C2CCCC(=O)NC2=O)c2cccc(I)c21. The monoisotopic (exact) mass is 399 g/mol. The minimum absolute atomic E-state index is 0.233. The van der Waals surface area contributed by atoms with Crippen molar-refractivity contribution in [3.8, 4) is 0 Å². The lowest BCUT2D eigenvalue weighted by Gasteiger charge is -2.14. The van der Waals surface area contributed by atoms with E-state index >= 15 is 0 Å². The maximum Gasteiger partial charge on any atom is 0.329 e. The number of carbonyl (C=O) groups excluding carboxylic acids is 2. The van der Waals surface area contributed by atoms with Gasteiger partial charge in [0.2, 0.25) is 11.8 Å². The van der Waals surface area contributed by atoms with Crippen LogP contribution in [0.2, 0.25) is 0 Å². The van der Waals surface area contributed by atoms with E-state index in [9.17, 15) is 14.4 Å². The molecule has 1 aromatic heterocycles. The molecule has 0 radical (unpaired) electrons. The lowest BCUT2D eigenvalue weighted by molar-refractivity contribution is -0.131. The number of para-hydroxylation sites is 1.